The smallest absolute Gasteiger partial charge is 0.319 e. The van der Waals surface area contributed by atoms with Crippen LogP contribution in [-0.2, 0) is 9.53 Å². The van der Waals surface area contributed by atoms with E-state index in [1.807, 2.05) is 24.3 Å². The molecular formula is C16H16ClNO2. The van der Waals surface area contributed by atoms with Crippen LogP contribution < -0.4 is 5.32 Å². The molecule has 0 saturated heterocycles. The number of hydrogen-bond acceptors (Lipinski definition) is 3. The van der Waals surface area contributed by atoms with Gasteiger partial charge in [-0.3, -0.25) is 10.1 Å². The monoisotopic (exact) mass is 289 g/mol. The van der Waals surface area contributed by atoms with Gasteiger partial charge in [0.1, 0.15) is 0 Å². The van der Waals surface area contributed by atoms with Crippen molar-refractivity contribution in [1.82, 2.24) is 5.32 Å². The number of carbonyl (C=O) groups is 1. The minimum absolute atomic E-state index is 0. The molecular weight excluding hydrogens is 274 g/mol. The fraction of sp³-hybridized carbons (Fsp3) is 0.188. The van der Waals surface area contributed by atoms with Gasteiger partial charge in [-0.15, -0.1) is 12.4 Å². The predicted molar refractivity (Wildman–Crippen MR) is 81.0 cm³/mol. The van der Waals surface area contributed by atoms with Crippen molar-refractivity contribution in [2.24, 2.45) is 0 Å². The highest BCUT2D eigenvalue weighted by atomic mass is 35.5. The molecule has 0 amide bonds. The Labute approximate surface area is 124 Å². The molecule has 20 heavy (non-hydrogen) atoms. The van der Waals surface area contributed by atoms with Crippen LogP contribution in [0.4, 0.5) is 0 Å². The van der Waals surface area contributed by atoms with Crippen molar-refractivity contribution in [2.45, 2.75) is 6.04 Å². The molecule has 1 N–H and O–H groups in total. The number of esters is 1. The van der Waals surface area contributed by atoms with Crippen molar-refractivity contribution in [3.8, 4) is 11.1 Å². The third kappa shape index (κ3) is 2.42. The van der Waals surface area contributed by atoms with E-state index in [9.17, 15) is 4.79 Å². The second-order valence-electron chi connectivity index (χ2n) is 4.56. The first-order chi connectivity index (χ1) is 9.31. The fourth-order valence-electron chi connectivity index (χ4n) is 2.63. The van der Waals surface area contributed by atoms with E-state index >= 15 is 0 Å². The van der Waals surface area contributed by atoms with Crippen LogP contribution in [0.2, 0.25) is 0 Å². The van der Waals surface area contributed by atoms with E-state index in [-0.39, 0.29) is 31.0 Å². The maximum atomic E-state index is 11.3. The minimum atomic E-state index is -0.248. The Morgan fingerprint density at radius 2 is 1.55 bits per heavy atom. The van der Waals surface area contributed by atoms with E-state index in [2.05, 4.69) is 34.3 Å². The number of rotatable bonds is 3. The van der Waals surface area contributed by atoms with Crippen LogP contribution in [-0.4, -0.2) is 19.6 Å². The molecule has 0 heterocycles. The fourth-order valence-corrected chi connectivity index (χ4v) is 2.63. The van der Waals surface area contributed by atoms with Gasteiger partial charge < -0.3 is 4.74 Å². The highest BCUT2D eigenvalue weighted by molar-refractivity contribution is 5.85. The zero-order chi connectivity index (χ0) is 13.2. The average molecular weight is 290 g/mol. The van der Waals surface area contributed by atoms with Crippen molar-refractivity contribution in [2.75, 3.05) is 13.7 Å². The lowest BCUT2D eigenvalue weighted by Gasteiger charge is -2.14. The van der Waals surface area contributed by atoms with Crippen molar-refractivity contribution >= 4 is 18.4 Å². The molecule has 0 aliphatic heterocycles. The van der Waals surface area contributed by atoms with Gasteiger partial charge in [0.2, 0.25) is 0 Å². The quantitative estimate of drug-likeness (QED) is 0.883. The molecule has 0 saturated carbocycles. The van der Waals surface area contributed by atoms with Gasteiger partial charge in [-0.05, 0) is 22.3 Å². The van der Waals surface area contributed by atoms with Gasteiger partial charge >= 0.3 is 5.97 Å². The number of benzene rings is 2. The van der Waals surface area contributed by atoms with Gasteiger partial charge in [0, 0.05) is 0 Å². The summed E-state index contributed by atoms with van der Waals surface area (Å²) in [4.78, 5) is 11.3. The third-order valence-corrected chi connectivity index (χ3v) is 3.51. The third-order valence-electron chi connectivity index (χ3n) is 3.51. The van der Waals surface area contributed by atoms with E-state index in [1.54, 1.807) is 0 Å². The molecule has 0 radical (unpaired) electrons. The Bertz CT molecular complexity index is 582. The summed E-state index contributed by atoms with van der Waals surface area (Å²) in [6, 6.07) is 16.6. The van der Waals surface area contributed by atoms with Crippen LogP contribution >= 0.6 is 12.4 Å². The summed E-state index contributed by atoms with van der Waals surface area (Å²) < 4.78 is 4.68. The Hall–Kier alpha value is -1.84. The zero-order valence-electron chi connectivity index (χ0n) is 11.1. The molecule has 4 heteroatoms. The van der Waals surface area contributed by atoms with E-state index in [1.165, 1.54) is 29.4 Å². The maximum absolute atomic E-state index is 11.3. The van der Waals surface area contributed by atoms with Crippen molar-refractivity contribution < 1.29 is 9.53 Å². The van der Waals surface area contributed by atoms with Gasteiger partial charge in [-0.25, -0.2) is 0 Å². The Morgan fingerprint density at radius 3 is 2.05 bits per heavy atom. The van der Waals surface area contributed by atoms with E-state index < -0.39 is 0 Å². The summed E-state index contributed by atoms with van der Waals surface area (Å²) in [7, 11) is 1.40. The standard InChI is InChI=1S/C16H15NO2.ClH/c1-19-15(18)10-17-16-13-8-4-2-6-11(13)12-7-3-5-9-14(12)16;/h2-9,16-17H,10H2,1H3;1H. The Kier molecular flexibility index (Phi) is 4.42. The number of nitrogens with one attached hydrogen (secondary N) is 1. The van der Waals surface area contributed by atoms with Crippen LogP contribution in [0.1, 0.15) is 17.2 Å². The van der Waals surface area contributed by atoms with Gasteiger partial charge in [0.25, 0.3) is 0 Å². The van der Waals surface area contributed by atoms with Crippen LogP contribution in [0.3, 0.4) is 0 Å². The van der Waals surface area contributed by atoms with Gasteiger partial charge in [0.15, 0.2) is 0 Å². The second-order valence-corrected chi connectivity index (χ2v) is 4.56. The summed E-state index contributed by atoms with van der Waals surface area (Å²) in [6.07, 6.45) is 0. The highest BCUT2D eigenvalue weighted by Crippen LogP contribution is 2.42. The van der Waals surface area contributed by atoms with Gasteiger partial charge in [-0.1, -0.05) is 48.5 Å². The molecule has 0 bridgehead atoms. The predicted octanol–water partition coefficient (Wildman–Crippen LogP) is 2.94. The highest BCUT2D eigenvalue weighted by Gasteiger charge is 2.27. The van der Waals surface area contributed by atoms with E-state index in [0.29, 0.717) is 0 Å². The number of carbonyl (C=O) groups excluding carboxylic acids is 1. The van der Waals surface area contributed by atoms with Crippen LogP contribution in [0, 0.1) is 0 Å². The SMILES string of the molecule is COC(=O)CNC1c2ccccc2-c2ccccc21.Cl. The first kappa shape index (κ1) is 14.6. The Balaban J connectivity index is 0.00000147. The first-order valence-electron chi connectivity index (χ1n) is 6.29. The number of hydrogen-bond donors (Lipinski definition) is 1. The lowest BCUT2D eigenvalue weighted by atomic mass is 10.1. The molecule has 104 valence electrons. The maximum Gasteiger partial charge on any atom is 0.319 e. The zero-order valence-corrected chi connectivity index (χ0v) is 11.9. The topological polar surface area (TPSA) is 38.3 Å². The summed E-state index contributed by atoms with van der Waals surface area (Å²) in [5.74, 6) is -0.248. The average Bonchev–Trinajstić information content (AvgIpc) is 2.79. The number of halogens is 1. The van der Waals surface area contributed by atoms with Gasteiger partial charge in [0.05, 0.1) is 19.7 Å². The molecule has 1 aliphatic rings. The van der Waals surface area contributed by atoms with Crippen LogP contribution in [0.5, 0.6) is 0 Å². The lowest BCUT2D eigenvalue weighted by Crippen LogP contribution is -2.27. The van der Waals surface area contributed by atoms with Crippen molar-refractivity contribution in [3.05, 3.63) is 59.7 Å². The largest absolute Gasteiger partial charge is 0.468 e. The molecule has 0 spiro atoms. The molecule has 0 unspecified atom stereocenters. The van der Waals surface area contributed by atoms with E-state index in [0.717, 1.165) is 0 Å². The lowest BCUT2D eigenvalue weighted by molar-refractivity contribution is -0.139. The molecule has 0 atom stereocenters. The summed E-state index contributed by atoms with van der Waals surface area (Å²) in [5.41, 5.74) is 4.90. The van der Waals surface area contributed by atoms with Crippen LogP contribution in [0.25, 0.3) is 11.1 Å². The number of ether oxygens (including phenoxy) is 1. The van der Waals surface area contributed by atoms with Crippen LogP contribution in [0.15, 0.2) is 48.5 Å². The first-order valence-corrected chi connectivity index (χ1v) is 6.29. The molecule has 3 nitrogen and oxygen atoms in total. The molecule has 1 aliphatic carbocycles. The van der Waals surface area contributed by atoms with E-state index in [4.69, 9.17) is 0 Å². The van der Waals surface area contributed by atoms with Crippen molar-refractivity contribution in [3.63, 3.8) is 0 Å². The Morgan fingerprint density at radius 1 is 1.05 bits per heavy atom. The molecule has 3 rings (SSSR count). The molecule has 0 fully saturated rings. The number of fused-ring (bicyclic) bond motifs is 3. The molecule has 2 aromatic carbocycles. The summed E-state index contributed by atoms with van der Waals surface area (Å²) >= 11 is 0. The second kappa shape index (κ2) is 6.07. The molecule has 0 aromatic heterocycles. The summed E-state index contributed by atoms with van der Waals surface area (Å²) in [6.45, 7) is 0.212. The van der Waals surface area contributed by atoms with Gasteiger partial charge in [-0.2, -0.15) is 0 Å². The van der Waals surface area contributed by atoms with Crippen molar-refractivity contribution in [1.29, 1.82) is 0 Å². The molecule has 2 aromatic rings. The number of methoxy groups -OCH3 is 1. The normalized spacial score (nSPS) is 12.2. The minimum Gasteiger partial charge on any atom is -0.468 e. The summed E-state index contributed by atoms with van der Waals surface area (Å²) in [5, 5.41) is 3.27.